The molecule has 4 saturated heterocycles. The monoisotopic (exact) mass is 644 g/mol. The molecule has 248 valence electrons. The number of hydroxylamine groups is 4. The predicted molar refractivity (Wildman–Crippen MR) is 152 cm³/mol. The van der Waals surface area contributed by atoms with Crippen LogP contribution in [0, 0.1) is 0 Å². The van der Waals surface area contributed by atoms with Crippen molar-refractivity contribution < 1.29 is 46.1 Å². The molecule has 4 heterocycles. The van der Waals surface area contributed by atoms with Gasteiger partial charge in [0.15, 0.2) is 0 Å². The van der Waals surface area contributed by atoms with E-state index in [1.807, 2.05) is 7.05 Å². The molecule has 0 radical (unpaired) electrons. The van der Waals surface area contributed by atoms with Crippen molar-refractivity contribution in [2.45, 2.75) is 126 Å². The summed E-state index contributed by atoms with van der Waals surface area (Å²) in [6.07, 6.45) is 13.2. The van der Waals surface area contributed by atoms with Crippen molar-refractivity contribution in [3.63, 3.8) is 0 Å². The molecule has 4 aliphatic heterocycles. The van der Waals surface area contributed by atoms with Crippen molar-refractivity contribution in [1.82, 2.24) is 30.7 Å². The first-order valence-corrected chi connectivity index (χ1v) is 17.1. The summed E-state index contributed by atoms with van der Waals surface area (Å²) >= 11 is 0. The molecular formula is C27H44N6O10S. The van der Waals surface area contributed by atoms with E-state index in [0.29, 0.717) is 24.4 Å². The second-order valence-corrected chi connectivity index (χ2v) is 13.5. The summed E-state index contributed by atoms with van der Waals surface area (Å²) in [4.78, 5) is 64.4. The minimum absolute atomic E-state index is 0.00678. The number of urea groups is 2. The zero-order valence-corrected chi connectivity index (χ0v) is 25.9. The summed E-state index contributed by atoms with van der Waals surface area (Å²) in [7, 11) is -2.98. The third-order valence-corrected chi connectivity index (χ3v) is 9.86. The van der Waals surface area contributed by atoms with E-state index in [0.717, 1.165) is 51.4 Å². The summed E-state index contributed by atoms with van der Waals surface area (Å²) < 4.78 is 34.7. The van der Waals surface area contributed by atoms with Crippen LogP contribution in [0.25, 0.3) is 0 Å². The number of hydrogen-bond donors (Lipinski definition) is 3. The van der Waals surface area contributed by atoms with Gasteiger partial charge in [-0.2, -0.15) is 13.5 Å². The highest BCUT2D eigenvalue weighted by Gasteiger charge is 2.49. The van der Waals surface area contributed by atoms with Crippen molar-refractivity contribution in [2.75, 3.05) is 20.1 Å². The van der Waals surface area contributed by atoms with Crippen molar-refractivity contribution in [1.29, 1.82) is 0 Å². The van der Waals surface area contributed by atoms with E-state index in [4.69, 9.17) is 14.2 Å². The molecule has 0 aromatic carbocycles. The van der Waals surface area contributed by atoms with Gasteiger partial charge in [-0.1, -0.05) is 38.5 Å². The number of nitrogens with one attached hydrogen (secondary N) is 2. The molecule has 16 nitrogen and oxygen atoms in total. The van der Waals surface area contributed by atoms with Gasteiger partial charge in [-0.3, -0.25) is 23.8 Å². The Kier molecular flexibility index (Phi) is 10.5. The molecule has 6 amide bonds. The Bertz CT molecular complexity index is 1180. The SMILES string of the molecule is CN1C(=O)N2C[C@H]1CC[C@H]2C(=O)NOC1CCCCC1.O=C(NOC1CCCCC1)[C@@H]1CC[C@@H]2CN1C(=O)N2OS(=O)(=O)O. The molecular weight excluding hydrogens is 600 g/mol. The highest BCUT2D eigenvalue weighted by molar-refractivity contribution is 7.80. The van der Waals surface area contributed by atoms with E-state index in [2.05, 4.69) is 15.2 Å². The first-order chi connectivity index (χ1) is 21.0. The Morgan fingerprint density at radius 3 is 1.66 bits per heavy atom. The summed E-state index contributed by atoms with van der Waals surface area (Å²) in [5.41, 5.74) is 5.02. The van der Waals surface area contributed by atoms with Gasteiger partial charge in [0, 0.05) is 20.1 Å². The number of likely N-dealkylation sites (N-methyl/N-ethyl adjacent to an activating group) is 1. The van der Waals surface area contributed by atoms with Gasteiger partial charge >= 0.3 is 22.5 Å². The maximum atomic E-state index is 12.3. The van der Waals surface area contributed by atoms with Crippen LogP contribution in [0.2, 0.25) is 0 Å². The predicted octanol–water partition coefficient (Wildman–Crippen LogP) is 1.64. The largest absolute Gasteiger partial charge is 0.418 e. The molecule has 0 unspecified atom stereocenters. The lowest BCUT2D eigenvalue weighted by molar-refractivity contribution is -0.145. The van der Waals surface area contributed by atoms with Crippen LogP contribution in [0.3, 0.4) is 0 Å². The van der Waals surface area contributed by atoms with Crippen molar-refractivity contribution >= 4 is 34.3 Å². The molecule has 0 aromatic rings. The van der Waals surface area contributed by atoms with Crippen LogP contribution in [0.15, 0.2) is 0 Å². The molecule has 17 heteroatoms. The van der Waals surface area contributed by atoms with Crippen LogP contribution >= 0.6 is 0 Å². The van der Waals surface area contributed by atoms with Crippen LogP contribution in [0.5, 0.6) is 0 Å². The fraction of sp³-hybridized carbons (Fsp3) is 0.852. The minimum atomic E-state index is -4.79. The molecule has 6 fully saturated rings. The smallest absolute Gasteiger partial charge is 0.323 e. The first-order valence-electron chi connectivity index (χ1n) is 15.7. The molecule has 0 aromatic heterocycles. The molecule has 6 aliphatic rings. The highest BCUT2D eigenvalue weighted by Crippen LogP contribution is 2.31. The van der Waals surface area contributed by atoms with Gasteiger partial charge in [-0.25, -0.2) is 20.5 Å². The number of nitrogens with zero attached hydrogens (tertiary/aromatic N) is 4. The highest BCUT2D eigenvalue weighted by atomic mass is 32.3. The Hall–Kier alpha value is -2.73. The number of piperidine rings is 2. The Balaban J connectivity index is 0.000000177. The number of amides is 6. The fourth-order valence-electron chi connectivity index (χ4n) is 7.00. The van der Waals surface area contributed by atoms with E-state index in [1.165, 1.54) is 30.6 Å². The fourth-order valence-corrected chi connectivity index (χ4v) is 7.39. The number of hydrogen-bond acceptors (Lipinski definition) is 9. The Morgan fingerprint density at radius 1 is 0.705 bits per heavy atom. The van der Waals surface area contributed by atoms with E-state index >= 15 is 0 Å². The van der Waals surface area contributed by atoms with Gasteiger partial charge in [0.2, 0.25) is 0 Å². The lowest BCUT2D eigenvalue weighted by atomic mass is 9.98. The van der Waals surface area contributed by atoms with Gasteiger partial charge in [0.25, 0.3) is 11.8 Å². The Morgan fingerprint density at radius 2 is 1.16 bits per heavy atom. The average Bonchev–Trinajstić information content (AvgIpc) is 3.38. The first kappa shape index (κ1) is 32.7. The van der Waals surface area contributed by atoms with Crippen LogP contribution in [-0.2, 0) is 33.9 Å². The molecule has 2 aliphatic carbocycles. The third-order valence-electron chi connectivity index (χ3n) is 9.51. The van der Waals surface area contributed by atoms with Gasteiger partial charge in [0.05, 0.1) is 24.3 Å². The van der Waals surface area contributed by atoms with Gasteiger partial charge in [-0.15, -0.1) is 4.28 Å². The standard InChI is InChI=1S/C14H23N3O3.C13H21N3O7S/c1-16-10-7-8-12(17(9-10)14(16)19)13(18)15-20-11-5-3-2-4-6-11;17-12(14-22-10-4-2-1-3-5-10)11-7-6-9-8-15(11)13(18)16(9)23-24(19,20)21/h10-12H,2-9H2,1H3,(H,15,18);9-11H,1-8H2,(H,14,17)(H,19,20,21)/t10-,12+;9-,11+/m11/s1. The maximum Gasteiger partial charge on any atom is 0.418 e. The summed E-state index contributed by atoms with van der Waals surface area (Å²) in [5.74, 6) is -0.598. The molecule has 4 bridgehead atoms. The minimum Gasteiger partial charge on any atom is -0.323 e. The number of carbonyl (C=O) groups is 4. The molecule has 4 atom stereocenters. The van der Waals surface area contributed by atoms with Crippen LogP contribution < -0.4 is 11.0 Å². The van der Waals surface area contributed by atoms with E-state index in [-0.39, 0.29) is 42.8 Å². The number of fused-ring (bicyclic) bond motifs is 4. The lowest BCUT2D eigenvalue weighted by Crippen LogP contribution is -2.50. The van der Waals surface area contributed by atoms with Crippen molar-refractivity contribution in [3.8, 4) is 0 Å². The van der Waals surface area contributed by atoms with Crippen LogP contribution in [0.1, 0.15) is 89.9 Å². The summed E-state index contributed by atoms with van der Waals surface area (Å²) in [6.45, 7) is 0.826. The topological polar surface area (TPSA) is 187 Å². The normalized spacial score (nSPS) is 29.4. The zero-order chi connectivity index (χ0) is 31.4. The van der Waals surface area contributed by atoms with E-state index < -0.39 is 34.4 Å². The van der Waals surface area contributed by atoms with Crippen molar-refractivity contribution in [3.05, 3.63) is 0 Å². The quantitative estimate of drug-likeness (QED) is 0.259. The second-order valence-electron chi connectivity index (χ2n) is 12.5. The van der Waals surface area contributed by atoms with Crippen LogP contribution in [0.4, 0.5) is 9.59 Å². The Labute approximate surface area is 257 Å². The molecule has 0 spiro atoms. The third kappa shape index (κ3) is 7.73. The lowest BCUT2D eigenvalue weighted by Gasteiger charge is -2.30. The van der Waals surface area contributed by atoms with Crippen LogP contribution in [-0.4, -0.2) is 113 Å². The van der Waals surface area contributed by atoms with Crippen molar-refractivity contribution in [2.24, 2.45) is 0 Å². The second kappa shape index (κ2) is 14.1. The maximum absolute atomic E-state index is 12.3. The molecule has 6 rings (SSSR count). The summed E-state index contributed by atoms with van der Waals surface area (Å²) in [5, 5.41) is 0.616. The van der Waals surface area contributed by atoms with Gasteiger partial charge in [-0.05, 0) is 51.4 Å². The molecule has 44 heavy (non-hydrogen) atoms. The zero-order valence-electron chi connectivity index (χ0n) is 25.1. The van der Waals surface area contributed by atoms with Gasteiger partial charge < -0.3 is 14.7 Å². The van der Waals surface area contributed by atoms with E-state index in [1.54, 1.807) is 9.80 Å². The number of rotatable bonds is 8. The van der Waals surface area contributed by atoms with Gasteiger partial charge in [0.1, 0.15) is 12.1 Å². The molecule has 2 saturated carbocycles. The average molecular weight is 645 g/mol. The summed E-state index contributed by atoms with van der Waals surface area (Å²) in [6, 6.07) is -2.15. The van der Waals surface area contributed by atoms with E-state index in [9.17, 15) is 27.6 Å². The molecule has 3 N–H and O–H groups in total. The number of carbonyl (C=O) groups excluding carboxylic acids is 4.